The van der Waals surface area contributed by atoms with Gasteiger partial charge in [-0.05, 0) is 38.4 Å². The van der Waals surface area contributed by atoms with Crippen molar-refractivity contribution in [2.45, 2.75) is 38.8 Å². The molecule has 1 aliphatic rings. The van der Waals surface area contributed by atoms with Crippen molar-refractivity contribution in [1.82, 2.24) is 25.2 Å². The SMILES string of the molecule is Cc1noc(C2CCCCN2Cc2noc(-c3ccco3)n2)n1. The molecule has 0 aromatic carbocycles. The van der Waals surface area contributed by atoms with E-state index in [1.807, 2.05) is 6.92 Å². The summed E-state index contributed by atoms with van der Waals surface area (Å²) in [6, 6.07) is 3.69. The molecular weight excluding hydrogens is 298 g/mol. The van der Waals surface area contributed by atoms with Crippen LogP contribution in [0.5, 0.6) is 0 Å². The maximum Gasteiger partial charge on any atom is 0.293 e. The molecule has 8 heteroatoms. The van der Waals surface area contributed by atoms with Crippen molar-refractivity contribution in [3.63, 3.8) is 0 Å². The molecule has 23 heavy (non-hydrogen) atoms. The van der Waals surface area contributed by atoms with Crippen molar-refractivity contribution in [2.24, 2.45) is 0 Å². The zero-order chi connectivity index (χ0) is 15.6. The average Bonchev–Trinajstić information content (AvgIpc) is 3.28. The maximum absolute atomic E-state index is 5.35. The van der Waals surface area contributed by atoms with Gasteiger partial charge in [0.05, 0.1) is 18.8 Å². The number of nitrogens with zero attached hydrogens (tertiary/aromatic N) is 5. The van der Waals surface area contributed by atoms with E-state index in [0.29, 0.717) is 35.7 Å². The predicted octanol–water partition coefficient (Wildman–Crippen LogP) is 2.75. The van der Waals surface area contributed by atoms with Crippen molar-refractivity contribution < 1.29 is 13.5 Å². The van der Waals surface area contributed by atoms with Gasteiger partial charge in [-0.25, -0.2) is 0 Å². The first-order chi connectivity index (χ1) is 11.3. The highest BCUT2D eigenvalue weighted by molar-refractivity contribution is 5.42. The lowest BCUT2D eigenvalue weighted by atomic mass is 10.0. The molecule has 0 N–H and O–H groups in total. The summed E-state index contributed by atoms with van der Waals surface area (Å²) in [5.41, 5.74) is 0. The van der Waals surface area contributed by atoms with Crippen LogP contribution < -0.4 is 0 Å². The van der Waals surface area contributed by atoms with Gasteiger partial charge >= 0.3 is 0 Å². The second kappa shape index (κ2) is 5.96. The van der Waals surface area contributed by atoms with Crippen LogP contribution >= 0.6 is 0 Å². The molecule has 1 saturated heterocycles. The summed E-state index contributed by atoms with van der Waals surface area (Å²) in [6.07, 6.45) is 4.85. The van der Waals surface area contributed by atoms with Gasteiger partial charge in [0.25, 0.3) is 5.89 Å². The van der Waals surface area contributed by atoms with Crippen LogP contribution in [0.15, 0.2) is 31.9 Å². The fourth-order valence-corrected chi connectivity index (χ4v) is 2.91. The van der Waals surface area contributed by atoms with Gasteiger partial charge in [0.15, 0.2) is 17.4 Å². The number of hydrogen-bond acceptors (Lipinski definition) is 8. The summed E-state index contributed by atoms with van der Waals surface area (Å²) >= 11 is 0. The molecule has 0 spiro atoms. The monoisotopic (exact) mass is 315 g/mol. The predicted molar refractivity (Wildman–Crippen MR) is 78.0 cm³/mol. The fourth-order valence-electron chi connectivity index (χ4n) is 2.91. The van der Waals surface area contributed by atoms with E-state index in [-0.39, 0.29) is 6.04 Å². The van der Waals surface area contributed by atoms with E-state index in [4.69, 9.17) is 13.5 Å². The van der Waals surface area contributed by atoms with Crippen molar-refractivity contribution in [1.29, 1.82) is 0 Å². The fraction of sp³-hybridized carbons (Fsp3) is 0.467. The average molecular weight is 315 g/mol. The molecule has 0 radical (unpaired) electrons. The third-order valence-corrected chi connectivity index (χ3v) is 3.99. The molecule has 0 saturated carbocycles. The van der Waals surface area contributed by atoms with Crippen LogP contribution in [0.4, 0.5) is 0 Å². The van der Waals surface area contributed by atoms with E-state index >= 15 is 0 Å². The third kappa shape index (κ3) is 2.89. The largest absolute Gasteiger partial charge is 0.459 e. The molecule has 1 aliphatic heterocycles. The summed E-state index contributed by atoms with van der Waals surface area (Å²) in [5, 5.41) is 7.94. The Bertz CT molecular complexity index is 764. The van der Waals surface area contributed by atoms with E-state index in [2.05, 4.69) is 25.2 Å². The number of rotatable bonds is 4. The smallest absolute Gasteiger partial charge is 0.293 e. The minimum atomic E-state index is 0.107. The Morgan fingerprint density at radius 2 is 2.17 bits per heavy atom. The zero-order valence-electron chi connectivity index (χ0n) is 12.8. The highest BCUT2D eigenvalue weighted by atomic mass is 16.5. The highest BCUT2D eigenvalue weighted by Gasteiger charge is 2.29. The summed E-state index contributed by atoms with van der Waals surface area (Å²) in [4.78, 5) is 11.0. The normalized spacial score (nSPS) is 19.3. The summed E-state index contributed by atoms with van der Waals surface area (Å²) in [6.45, 7) is 3.35. The van der Waals surface area contributed by atoms with Crippen molar-refractivity contribution in [2.75, 3.05) is 6.54 Å². The van der Waals surface area contributed by atoms with Crippen LogP contribution in [-0.4, -0.2) is 31.7 Å². The van der Waals surface area contributed by atoms with Crippen molar-refractivity contribution in [3.05, 3.63) is 35.9 Å². The minimum absolute atomic E-state index is 0.107. The Kier molecular flexibility index (Phi) is 3.66. The molecular formula is C15H17N5O3. The van der Waals surface area contributed by atoms with Gasteiger partial charge in [-0.3, -0.25) is 4.90 Å². The quantitative estimate of drug-likeness (QED) is 0.725. The van der Waals surface area contributed by atoms with Gasteiger partial charge in [0, 0.05) is 0 Å². The zero-order valence-corrected chi connectivity index (χ0v) is 12.8. The number of likely N-dealkylation sites (tertiary alicyclic amines) is 1. The Morgan fingerprint density at radius 3 is 2.96 bits per heavy atom. The van der Waals surface area contributed by atoms with Crippen LogP contribution in [0.1, 0.15) is 42.8 Å². The van der Waals surface area contributed by atoms with Crippen LogP contribution in [0.3, 0.4) is 0 Å². The lowest BCUT2D eigenvalue weighted by Gasteiger charge is -2.32. The third-order valence-electron chi connectivity index (χ3n) is 3.99. The van der Waals surface area contributed by atoms with Gasteiger partial charge < -0.3 is 13.5 Å². The first-order valence-corrected chi connectivity index (χ1v) is 7.70. The maximum atomic E-state index is 5.35. The van der Waals surface area contributed by atoms with Crippen LogP contribution in [0.25, 0.3) is 11.7 Å². The molecule has 4 rings (SSSR count). The second-order valence-corrected chi connectivity index (χ2v) is 5.65. The van der Waals surface area contributed by atoms with Gasteiger partial charge in [-0.1, -0.05) is 16.7 Å². The number of aromatic nitrogens is 4. The minimum Gasteiger partial charge on any atom is -0.459 e. The van der Waals surface area contributed by atoms with E-state index in [1.54, 1.807) is 18.4 Å². The van der Waals surface area contributed by atoms with Crippen LogP contribution in [0.2, 0.25) is 0 Å². The van der Waals surface area contributed by atoms with Crippen molar-refractivity contribution >= 4 is 0 Å². The number of aryl methyl sites for hydroxylation is 1. The summed E-state index contributed by atoms with van der Waals surface area (Å²) < 4.78 is 15.9. The molecule has 1 unspecified atom stereocenters. The molecule has 120 valence electrons. The number of piperidine rings is 1. The van der Waals surface area contributed by atoms with Gasteiger partial charge in [0.1, 0.15) is 0 Å². The molecule has 3 aromatic rings. The van der Waals surface area contributed by atoms with Gasteiger partial charge in [-0.15, -0.1) is 0 Å². The Morgan fingerprint density at radius 1 is 1.22 bits per heavy atom. The number of hydrogen-bond donors (Lipinski definition) is 0. The molecule has 0 aliphatic carbocycles. The molecule has 1 atom stereocenters. The first kappa shape index (κ1) is 14.1. The standard InChI is InChI=1S/C15H17N5O3/c1-10-16-14(22-18-10)11-5-2-3-7-20(11)9-13-17-15(23-19-13)12-6-4-8-21-12/h4,6,8,11H,2-3,5,7,9H2,1H3. The lowest BCUT2D eigenvalue weighted by Crippen LogP contribution is -2.33. The van der Waals surface area contributed by atoms with Crippen LogP contribution in [-0.2, 0) is 6.54 Å². The Balaban J connectivity index is 1.52. The first-order valence-electron chi connectivity index (χ1n) is 7.70. The van der Waals surface area contributed by atoms with Gasteiger partial charge in [-0.2, -0.15) is 9.97 Å². The Hall–Kier alpha value is -2.48. The van der Waals surface area contributed by atoms with E-state index < -0.39 is 0 Å². The lowest BCUT2D eigenvalue weighted by molar-refractivity contribution is 0.107. The van der Waals surface area contributed by atoms with E-state index in [0.717, 1.165) is 25.8 Å². The summed E-state index contributed by atoms with van der Waals surface area (Å²) in [5.74, 6) is 2.92. The highest BCUT2D eigenvalue weighted by Crippen LogP contribution is 2.31. The number of furan rings is 1. The molecule has 8 nitrogen and oxygen atoms in total. The van der Waals surface area contributed by atoms with E-state index in [1.165, 1.54) is 0 Å². The molecule has 4 heterocycles. The Labute approximate surface area is 132 Å². The van der Waals surface area contributed by atoms with Crippen LogP contribution in [0, 0.1) is 6.92 Å². The summed E-state index contributed by atoms with van der Waals surface area (Å²) in [7, 11) is 0. The molecule has 0 bridgehead atoms. The molecule has 0 amide bonds. The van der Waals surface area contributed by atoms with E-state index in [9.17, 15) is 0 Å². The molecule has 3 aromatic heterocycles. The molecule has 1 fully saturated rings. The second-order valence-electron chi connectivity index (χ2n) is 5.65. The van der Waals surface area contributed by atoms with Gasteiger partial charge in [0.2, 0.25) is 5.89 Å². The topological polar surface area (TPSA) is 94.2 Å². The van der Waals surface area contributed by atoms with Crippen molar-refractivity contribution in [3.8, 4) is 11.7 Å².